The predicted molar refractivity (Wildman–Crippen MR) is 167 cm³/mol. The van der Waals surface area contributed by atoms with E-state index in [9.17, 15) is 24.0 Å². The van der Waals surface area contributed by atoms with Crippen molar-refractivity contribution in [3.8, 4) is 0 Å². The summed E-state index contributed by atoms with van der Waals surface area (Å²) in [6.07, 6.45) is 10.6. The zero-order chi connectivity index (χ0) is 31.9. The Bertz CT molecular complexity index is 1230. The molecule has 4 fully saturated rings. The van der Waals surface area contributed by atoms with Gasteiger partial charge in [0.25, 0.3) is 0 Å². The molecule has 1 atom stereocenters. The van der Waals surface area contributed by atoms with Crippen LogP contribution in [0.4, 0.5) is 5.13 Å². The molecular formula is C28H40ClN7O6S2. The van der Waals surface area contributed by atoms with Crippen molar-refractivity contribution in [2.24, 2.45) is 0 Å². The molecule has 0 bridgehead atoms. The average Bonchev–Trinajstić information content (AvgIpc) is 3.86. The number of carbonyl (C=O) groups is 5. The second-order valence-corrected chi connectivity index (χ2v) is 13.1. The number of anilines is 1. The lowest BCUT2D eigenvalue weighted by atomic mass is 10.4. The number of nitrogen functional groups attached to an aromatic ring is 1. The van der Waals surface area contributed by atoms with Crippen molar-refractivity contribution in [1.82, 2.24) is 29.6 Å². The highest BCUT2D eigenvalue weighted by atomic mass is 35.5. The molecule has 242 valence electrons. The van der Waals surface area contributed by atoms with Crippen molar-refractivity contribution in [3.63, 3.8) is 0 Å². The Morgan fingerprint density at radius 3 is 1.68 bits per heavy atom. The van der Waals surface area contributed by atoms with Crippen molar-refractivity contribution in [2.45, 2.75) is 69.8 Å². The molecular weight excluding hydrogens is 630 g/mol. The van der Waals surface area contributed by atoms with Gasteiger partial charge in [-0.1, -0.05) is 0 Å². The third-order valence-electron chi connectivity index (χ3n) is 7.15. The van der Waals surface area contributed by atoms with Gasteiger partial charge in [0.15, 0.2) is 5.13 Å². The van der Waals surface area contributed by atoms with Crippen molar-refractivity contribution in [3.05, 3.63) is 27.7 Å². The van der Waals surface area contributed by atoms with E-state index in [-0.39, 0.29) is 30.4 Å². The van der Waals surface area contributed by atoms with Crippen molar-refractivity contribution < 1.29 is 29.1 Å². The van der Waals surface area contributed by atoms with E-state index < -0.39 is 5.38 Å². The number of aldehydes is 1. The fourth-order valence-electron chi connectivity index (χ4n) is 4.84. The van der Waals surface area contributed by atoms with Gasteiger partial charge in [0.2, 0.25) is 23.6 Å². The van der Waals surface area contributed by atoms with Gasteiger partial charge in [-0.05, 0) is 25.7 Å². The van der Waals surface area contributed by atoms with E-state index in [1.807, 2.05) is 16.0 Å². The monoisotopic (exact) mass is 669 g/mol. The van der Waals surface area contributed by atoms with Gasteiger partial charge in [0.05, 0.1) is 18.6 Å². The van der Waals surface area contributed by atoms with Gasteiger partial charge in [0.1, 0.15) is 18.4 Å². The summed E-state index contributed by atoms with van der Waals surface area (Å²) in [6, 6.07) is 0. The molecule has 2 aromatic heterocycles. The van der Waals surface area contributed by atoms with Gasteiger partial charge in [-0.25, -0.2) is 4.98 Å². The molecule has 3 N–H and O–H groups in total. The summed E-state index contributed by atoms with van der Waals surface area (Å²) in [5, 5.41) is 8.47. The SMILES string of the molecule is Nc1ncc(CN2CCCC2=O)s1.O=C1CCCN1CO.O=C1CCCN1Cc1cncs1.O=CC(Cl)CN1CCCC1=O. The summed E-state index contributed by atoms with van der Waals surface area (Å²) < 4.78 is 0. The number of rotatable bonds is 8. The average molecular weight is 670 g/mol. The standard InChI is InChI=1S/C8H11N3OS.C8H10N2OS.C7H10ClNO2.C5H9NO2/c9-8-10-4-6(13-8)5-11-3-1-2-7(11)12;11-8-2-1-3-10(8)5-7-4-9-6-12-7;8-6(5-10)4-9-3-1-2-7(9)11;7-4-6-3-1-2-5(6)8/h4H,1-3,5H2,(H2,9,10);4,6H,1-3,5H2;5-6H,1-4H2;7H,1-4H2. The molecule has 4 aliphatic rings. The lowest BCUT2D eigenvalue weighted by Gasteiger charge is -2.15. The number of aromatic nitrogens is 2. The minimum absolute atomic E-state index is 0.0764. The van der Waals surface area contributed by atoms with Crippen LogP contribution in [0.2, 0.25) is 0 Å². The Labute approximate surface area is 270 Å². The third kappa shape index (κ3) is 11.7. The number of amides is 4. The minimum Gasteiger partial charge on any atom is -0.376 e. The van der Waals surface area contributed by atoms with Crippen molar-refractivity contribution >= 4 is 69.3 Å². The highest BCUT2D eigenvalue weighted by Gasteiger charge is 2.23. The van der Waals surface area contributed by atoms with Crippen LogP contribution in [-0.4, -0.2) is 109 Å². The summed E-state index contributed by atoms with van der Waals surface area (Å²) in [7, 11) is 0. The fraction of sp³-hybridized carbons (Fsp3) is 0.607. The maximum absolute atomic E-state index is 11.3. The predicted octanol–water partition coefficient (Wildman–Crippen LogP) is 2.09. The molecule has 0 spiro atoms. The number of nitrogens with zero attached hydrogens (tertiary/aromatic N) is 6. The number of halogens is 1. The van der Waals surface area contributed by atoms with Crippen LogP contribution in [0.5, 0.6) is 0 Å². The van der Waals surface area contributed by atoms with E-state index in [0.29, 0.717) is 43.8 Å². The Morgan fingerprint density at radius 1 is 0.818 bits per heavy atom. The first-order valence-corrected chi connectivity index (χ1v) is 16.7. The molecule has 13 nitrogen and oxygen atoms in total. The third-order valence-corrected chi connectivity index (χ3v) is 8.96. The number of aliphatic hydroxyl groups excluding tert-OH is 1. The summed E-state index contributed by atoms with van der Waals surface area (Å²) in [5.41, 5.74) is 7.29. The molecule has 0 aliphatic carbocycles. The van der Waals surface area contributed by atoms with E-state index in [1.54, 1.807) is 27.9 Å². The lowest BCUT2D eigenvalue weighted by Crippen LogP contribution is -2.31. The molecule has 6 heterocycles. The number of hydrogen-bond acceptors (Lipinski definition) is 11. The first kappa shape index (κ1) is 35.3. The molecule has 6 rings (SSSR count). The van der Waals surface area contributed by atoms with E-state index in [4.69, 9.17) is 22.4 Å². The Morgan fingerprint density at radius 2 is 1.32 bits per heavy atom. The molecule has 1 unspecified atom stereocenters. The second-order valence-electron chi connectivity index (χ2n) is 10.5. The van der Waals surface area contributed by atoms with Crippen LogP contribution in [0.3, 0.4) is 0 Å². The van der Waals surface area contributed by atoms with Gasteiger partial charge in [-0.15, -0.1) is 34.3 Å². The molecule has 4 amide bonds. The smallest absolute Gasteiger partial charge is 0.224 e. The Kier molecular flexibility index (Phi) is 15.0. The maximum atomic E-state index is 11.3. The number of hydrogen-bond donors (Lipinski definition) is 2. The largest absolute Gasteiger partial charge is 0.376 e. The van der Waals surface area contributed by atoms with Crippen molar-refractivity contribution in [1.29, 1.82) is 0 Å². The van der Waals surface area contributed by atoms with Gasteiger partial charge >= 0.3 is 0 Å². The number of alkyl halides is 1. The lowest BCUT2D eigenvalue weighted by molar-refractivity contribution is -0.131. The maximum Gasteiger partial charge on any atom is 0.224 e. The van der Waals surface area contributed by atoms with E-state index in [1.165, 1.54) is 21.1 Å². The molecule has 44 heavy (non-hydrogen) atoms. The topological polar surface area (TPSA) is 170 Å². The fourth-order valence-corrected chi connectivity index (χ4v) is 6.31. The summed E-state index contributed by atoms with van der Waals surface area (Å²) in [6.45, 7) is 4.94. The molecule has 0 radical (unpaired) electrons. The number of carbonyl (C=O) groups excluding carboxylic acids is 5. The van der Waals surface area contributed by atoms with Crippen molar-refractivity contribution in [2.75, 3.05) is 45.2 Å². The zero-order valence-corrected chi connectivity index (χ0v) is 27.0. The quantitative estimate of drug-likeness (QED) is 0.316. The first-order chi connectivity index (χ1) is 21.2. The molecule has 0 aromatic carbocycles. The highest BCUT2D eigenvalue weighted by molar-refractivity contribution is 7.15. The minimum atomic E-state index is -0.544. The van der Waals surface area contributed by atoms with Gasteiger partial charge in [-0.2, -0.15) is 0 Å². The van der Waals surface area contributed by atoms with Crippen LogP contribution in [0.25, 0.3) is 0 Å². The number of aliphatic hydroxyl groups is 1. The van der Waals surface area contributed by atoms with Gasteiger partial charge in [0, 0.05) is 80.6 Å². The van der Waals surface area contributed by atoms with E-state index in [2.05, 4.69) is 9.97 Å². The van der Waals surface area contributed by atoms with Crippen LogP contribution in [0.1, 0.15) is 61.1 Å². The van der Waals surface area contributed by atoms with Crippen LogP contribution in [0, 0.1) is 0 Å². The molecule has 16 heteroatoms. The van der Waals surface area contributed by atoms with E-state index >= 15 is 0 Å². The molecule has 0 saturated carbocycles. The molecule has 4 aliphatic heterocycles. The number of nitrogens with two attached hydrogens (primary N) is 1. The Balaban J connectivity index is 0.000000163. The van der Waals surface area contributed by atoms with Crippen LogP contribution < -0.4 is 5.73 Å². The van der Waals surface area contributed by atoms with E-state index in [0.717, 1.165) is 69.7 Å². The molecule has 2 aromatic rings. The van der Waals surface area contributed by atoms with Gasteiger partial charge in [-0.3, -0.25) is 24.2 Å². The zero-order valence-electron chi connectivity index (χ0n) is 24.6. The number of thiazole rings is 2. The van der Waals surface area contributed by atoms with Crippen LogP contribution in [-0.2, 0) is 37.1 Å². The summed E-state index contributed by atoms with van der Waals surface area (Å²) in [4.78, 5) is 71.1. The second kappa shape index (κ2) is 18.6. The summed E-state index contributed by atoms with van der Waals surface area (Å²) in [5.74, 6) is 0.709. The normalized spacial score (nSPS) is 18.5. The molecule has 4 saturated heterocycles. The van der Waals surface area contributed by atoms with Crippen LogP contribution >= 0.6 is 34.3 Å². The number of likely N-dealkylation sites (tertiary alicyclic amines) is 4. The highest BCUT2D eigenvalue weighted by Crippen LogP contribution is 2.20. The van der Waals surface area contributed by atoms with Gasteiger partial charge < -0.3 is 35.2 Å². The first-order valence-electron chi connectivity index (χ1n) is 14.6. The summed E-state index contributed by atoms with van der Waals surface area (Å²) >= 11 is 8.60. The Hall–Kier alpha value is -3.14. The van der Waals surface area contributed by atoms with Crippen LogP contribution in [0.15, 0.2) is 17.9 Å².